The van der Waals surface area contributed by atoms with Gasteiger partial charge in [-0.3, -0.25) is 4.79 Å². The van der Waals surface area contributed by atoms with E-state index in [1.165, 1.54) is 0 Å². The minimum atomic E-state index is -0.290. The van der Waals surface area contributed by atoms with Gasteiger partial charge in [0.25, 0.3) is 5.91 Å². The molecule has 0 radical (unpaired) electrons. The second-order valence-corrected chi connectivity index (χ2v) is 10.6. The first kappa shape index (κ1) is 28.1. The summed E-state index contributed by atoms with van der Waals surface area (Å²) in [7, 11) is 0. The molecule has 1 aliphatic heterocycles. The standard InChI is InChI=1S/C38H36N2O3/c1-3-42-31-23-19-29(20-24-31)39-36(27-13-7-5-8-14-27)35-33-17-11-12-18-34(33)38(41)40(37(35)28-15-9-6-10-16-28)30-21-25-32(26-22-30)43-4-2/h5-26,35-37,39H,3-4H2,1-2H3. The van der Waals surface area contributed by atoms with Crippen LogP contribution in [-0.4, -0.2) is 19.1 Å². The maximum Gasteiger partial charge on any atom is 0.259 e. The largest absolute Gasteiger partial charge is 0.494 e. The molecule has 5 aromatic rings. The Balaban J connectivity index is 1.54. The van der Waals surface area contributed by atoms with Crippen LogP contribution in [0.25, 0.3) is 0 Å². The molecule has 0 fully saturated rings. The van der Waals surface area contributed by atoms with E-state index < -0.39 is 0 Å². The number of carbonyl (C=O) groups excluding carboxylic acids is 1. The molecule has 5 heteroatoms. The van der Waals surface area contributed by atoms with Gasteiger partial charge in [0.15, 0.2) is 0 Å². The van der Waals surface area contributed by atoms with Gasteiger partial charge in [-0.15, -0.1) is 0 Å². The van der Waals surface area contributed by atoms with Crippen LogP contribution in [-0.2, 0) is 0 Å². The molecule has 3 atom stereocenters. The molecule has 5 nitrogen and oxygen atoms in total. The van der Waals surface area contributed by atoms with Gasteiger partial charge in [-0.05, 0) is 85.1 Å². The zero-order chi connectivity index (χ0) is 29.6. The molecule has 0 saturated heterocycles. The smallest absolute Gasteiger partial charge is 0.259 e. The average molecular weight is 569 g/mol. The van der Waals surface area contributed by atoms with Gasteiger partial charge in [-0.25, -0.2) is 0 Å². The monoisotopic (exact) mass is 568 g/mol. The predicted octanol–water partition coefficient (Wildman–Crippen LogP) is 8.82. The summed E-state index contributed by atoms with van der Waals surface area (Å²) < 4.78 is 11.4. The highest BCUT2D eigenvalue weighted by Gasteiger charge is 2.45. The first-order chi connectivity index (χ1) is 21.2. The van der Waals surface area contributed by atoms with Crippen LogP contribution in [0, 0.1) is 0 Å². The van der Waals surface area contributed by atoms with Gasteiger partial charge in [0.2, 0.25) is 0 Å². The van der Waals surface area contributed by atoms with Gasteiger partial charge in [0.1, 0.15) is 11.5 Å². The van der Waals surface area contributed by atoms with Crippen molar-refractivity contribution in [2.24, 2.45) is 0 Å². The first-order valence-corrected chi connectivity index (χ1v) is 14.9. The summed E-state index contributed by atoms with van der Waals surface area (Å²) in [6, 6.07) is 44.4. The fourth-order valence-corrected chi connectivity index (χ4v) is 6.12. The fourth-order valence-electron chi connectivity index (χ4n) is 6.12. The minimum absolute atomic E-state index is 0.0160. The zero-order valence-corrected chi connectivity index (χ0v) is 24.5. The highest BCUT2D eigenvalue weighted by molar-refractivity contribution is 6.09. The maximum absolute atomic E-state index is 14.4. The number of nitrogens with one attached hydrogen (secondary N) is 1. The molecule has 5 aromatic carbocycles. The lowest BCUT2D eigenvalue weighted by Crippen LogP contribution is -2.45. The highest BCUT2D eigenvalue weighted by Crippen LogP contribution is 2.51. The predicted molar refractivity (Wildman–Crippen MR) is 173 cm³/mol. The van der Waals surface area contributed by atoms with E-state index in [1.54, 1.807) is 0 Å². The van der Waals surface area contributed by atoms with Gasteiger partial charge >= 0.3 is 0 Å². The lowest BCUT2D eigenvalue weighted by molar-refractivity contribution is 0.0957. The van der Waals surface area contributed by atoms with Crippen LogP contribution in [0.3, 0.4) is 0 Å². The van der Waals surface area contributed by atoms with E-state index in [0.717, 1.165) is 39.6 Å². The number of nitrogens with zero attached hydrogens (tertiary/aromatic N) is 1. The van der Waals surface area contributed by atoms with Gasteiger partial charge in [0, 0.05) is 22.9 Å². The summed E-state index contributed by atoms with van der Waals surface area (Å²) in [5.74, 6) is 1.47. The molecule has 1 amide bonds. The number of hydrogen-bond donors (Lipinski definition) is 1. The molecule has 1 heterocycles. The van der Waals surface area contributed by atoms with E-state index in [2.05, 4.69) is 59.9 Å². The fraction of sp³-hybridized carbons (Fsp3) is 0.184. The summed E-state index contributed by atoms with van der Waals surface area (Å²) in [6.07, 6.45) is 0. The van der Waals surface area contributed by atoms with Crippen molar-refractivity contribution in [2.45, 2.75) is 31.8 Å². The Morgan fingerprint density at radius 3 is 1.86 bits per heavy atom. The van der Waals surface area contributed by atoms with E-state index in [1.807, 2.05) is 97.6 Å². The molecule has 6 rings (SSSR count). The summed E-state index contributed by atoms with van der Waals surface area (Å²) in [4.78, 5) is 16.4. The lowest BCUT2D eigenvalue weighted by Gasteiger charge is -2.46. The SMILES string of the molecule is CCOc1ccc(NC(c2ccccc2)C2c3ccccc3C(=O)N(c3ccc(OCC)cc3)C2c2ccccc2)cc1. The van der Waals surface area contributed by atoms with Crippen molar-refractivity contribution in [3.8, 4) is 11.5 Å². The Bertz CT molecular complexity index is 1640. The number of benzene rings is 5. The van der Waals surface area contributed by atoms with E-state index in [-0.39, 0.29) is 23.9 Å². The molecule has 0 saturated carbocycles. The molecular formula is C38H36N2O3. The van der Waals surface area contributed by atoms with Crippen LogP contribution in [0.15, 0.2) is 133 Å². The molecule has 0 bridgehead atoms. The molecule has 1 aliphatic rings. The summed E-state index contributed by atoms with van der Waals surface area (Å²) in [5.41, 5.74) is 5.75. The van der Waals surface area contributed by atoms with Gasteiger partial charge in [-0.2, -0.15) is 0 Å². The Labute approximate surface area is 253 Å². The van der Waals surface area contributed by atoms with E-state index in [9.17, 15) is 4.79 Å². The Morgan fingerprint density at radius 1 is 0.674 bits per heavy atom. The average Bonchev–Trinajstić information content (AvgIpc) is 3.06. The normalized spacial score (nSPS) is 16.7. The number of anilines is 2. The van der Waals surface area contributed by atoms with Crippen molar-refractivity contribution in [1.82, 2.24) is 0 Å². The van der Waals surface area contributed by atoms with Gasteiger partial charge in [-0.1, -0.05) is 78.9 Å². The number of rotatable bonds is 10. The van der Waals surface area contributed by atoms with Gasteiger partial charge < -0.3 is 19.7 Å². The second kappa shape index (κ2) is 12.9. The van der Waals surface area contributed by atoms with Crippen molar-refractivity contribution in [2.75, 3.05) is 23.4 Å². The third-order valence-electron chi connectivity index (χ3n) is 7.96. The van der Waals surface area contributed by atoms with E-state index >= 15 is 0 Å². The Kier molecular flexibility index (Phi) is 8.41. The van der Waals surface area contributed by atoms with Crippen molar-refractivity contribution in [3.63, 3.8) is 0 Å². The maximum atomic E-state index is 14.4. The van der Waals surface area contributed by atoms with Crippen LogP contribution in [0.1, 0.15) is 58.9 Å². The second-order valence-electron chi connectivity index (χ2n) is 10.6. The molecule has 0 aliphatic carbocycles. The molecular weight excluding hydrogens is 532 g/mol. The van der Waals surface area contributed by atoms with Gasteiger partial charge in [0.05, 0.1) is 25.3 Å². The number of carbonyl (C=O) groups is 1. The summed E-state index contributed by atoms with van der Waals surface area (Å²) in [6.45, 7) is 5.15. The zero-order valence-electron chi connectivity index (χ0n) is 24.5. The topological polar surface area (TPSA) is 50.8 Å². The molecule has 0 spiro atoms. The van der Waals surface area contributed by atoms with E-state index in [4.69, 9.17) is 9.47 Å². The Hall–Kier alpha value is -5.03. The Morgan fingerprint density at radius 2 is 1.23 bits per heavy atom. The van der Waals surface area contributed by atoms with Crippen molar-refractivity contribution >= 4 is 17.3 Å². The lowest BCUT2D eigenvalue weighted by atomic mass is 9.73. The van der Waals surface area contributed by atoms with Crippen LogP contribution in [0.2, 0.25) is 0 Å². The number of amides is 1. The van der Waals surface area contributed by atoms with Crippen LogP contribution in [0.5, 0.6) is 11.5 Å². The molecule has 43 heavy (non-hydrogen) atoms. The highest BCUT2D eigenvalue weighted by atomic mass is 16.5. The van der Waals surface area contributed by atoms with Crippen LogP contribution in [0.4, 0.5) is 11.4 Å². The third-order valence-corrected chi connectivity index (χ3v) is 7.96. The molecule has 3 unspecified atom stereocenters. The van der Waals surface area contributed by atoms with Crippen molar-refractivity contribution < 1.29 is 14.3 Å². The third kappa shape index (κ3) is 5.84. The molecule has 0 aromatic heterocycles. The molecule has 1 N–H and O–H groups in total. The van der Waals surface area contributed by atoms with Crippen molar-refractivity contribution in [3.05, 3.63) is 156 Å². The number of fused-ring (bicyclic) bond motifs is 1. The molecule has 216 valence electrons. The van der Waals surface area contributed by atoms with E-state index in [0.29, 0.717) is 18.8 Å². The van der Waals surface area contributed by atoms with Crippen molar-refractivity contribution in [1.29, 1.82) is 0 Å². The first-order valence-electron chi connectivity index (χ1n) is 14.9. The van der Waals surface area contributed by atoms with Crippen LogP contribution < -0.4 is 19.7 Å². The summed E-state index contributed by atoms with van der Waals surface area (Å²) >= 11 is 0. The number of hydrogen-bond acceptors (Lipinski definition) is 4. The summed E-state index contributed by atoms with van der Waals surface area (Å²) in [5, 5.41) is 3.87. The quantitative estimate of drug-likeness (QED) is 0.183. The van der Waals surface area contributed by atoms with Crippen LogP contribution >= 0.6 is 0 Å². The minimum Gasteiger partial charge on any atom is -0.494 e. The number of ether oxygens (including phenoxy) is 2.